The van der Waals surface area contributed by atoms with E-state index in [9.17, 15) is 18.0 Å². The van der Waals surface area contributed by atoms with E-state index < -0.39 is 28.5 Å². The molecular weight excluding hydrogens is 562 g/mol. The number of sulfonamides is 1. The van der Waals surface area contributed by atoms with Gasteiger partial charge in [0.25, 0.3) is 10.0 Å². The van der Waals surface area contributed by atoms with Gasteiger partial charge in [-0.2, -0.15) is 0 Å². The highest BCUT2D eigenvalue weighted by molar-refractivity contribution is 7.92. The van der Waals surface area contributed by atoms with Crippen molar-refractivity contribution >= 4 is 39.1 Å². The number of ether oxygens (including phenoxy) is 1. The van der Waals surface area contributed by atoms with E-state index in [2.05, 4.69) is 5.32 Å². The van der Waals surface area contributed by atoms with E-state index in [-0.39, 0.29) is 39.8 Å². The summed E-state index contributed by atoms with van der Waals surface area (Å²) in [6, 6.07) is 17.6. The van der Waals surface area contributed by atoms with Crippen molar-refractivity contribution in [3.05, 3.63) is 88.4 Å². The van der Waals surface area contributed by atoms with Crippen molar-refractivity contribution in [2.45, 2.75) is 64.6 Å². The van der Waals surface area contributed by atoms with E-state index in [1.54, 1.807) is 24.3 Å². The molecule has 0 fully saturated rings. The minimum absolute atomic E-state index is 0.00718. The number of anilines is 1. The summed E-state index contributed by atoms with van der Waals surface area (Å²) < 4.78 is 34.6. The second-order valence-electron chi connectivity index (χ2n) is 10.2. The second-order valence-corrected chi connectivity index (χ2v) is 12.5. The molecule has 3 aromatic rings. The molecule has 0 aliphatic rings. The number of rotatable bonds is 12. The maximum absolute atomic E-state index is 14.2. The molecule has 0 aliphatic heterocycles. The zero-order chi connectivity index (χ0) is 30.3. The van der Waals surface area contributed by atoms with Gasteiger partial charge < -0.3 is 15.0 Å². The SMILES string of the molecule is CC[C@@H](C(=O)NC(C)C)N(Cc1cccc(C)c1)C(=O)CN(c1cc(Cl)ccc1OC)S(=O)(=O)c1ccc(C)cc1. The predicted molar refractivity (Wildman–Crippen MR) is 163 cm³/mol. The first kappa shape index (κ1) is 32.0. The Kier molecular flexibility index (Phi) is 10.8. The molecule has 0 unspecified atom stereocenters. The molecule has 3 rings (SSSR count). The molecule has 0 aliphatic carbocycles. The lowest BCUT2D eigenvalue weighted by molar-refractivity contribution is -0.140. The van der Waals surface area contributed by atoms with Gasteiger partial charge in [0.05, 0.1) is 17.7 Å². The molecular formula is C31H38ClN3O5S. The molecule has 1 atom stereocenters. The number of hydrogen-bond acceptors (Lipinski definition) is 5. The zero-order valence-corrected chi connectivity index (χ0v) is 25.9. The topological polar surface area (TPSA) is 96.0 Å². The number of amides is 2. The van der Waals surface area contributed by atoms with E-state index in [0.29, 0.717) is 6.42 Å². The van der Waals surface area contributed by atoms with Crippen LogP contribution in [0.3, 0.4) is 0 Å². The Morgan fingerprint density at radius 1 is 0.976 bits per heavy atom. The van der Waals surface area contributed by atoms with Crippen LogP contribution in [0.25, 0.3) is 0 Å². The minimum atomic E-state index is -4.25. The molecule has 0 saturated carbocycles. The lowest BCUT2D eigenvalue weighted by atomic mass is 10.1. The first-order chi connectivity index (χ1) is 19.4. The lowest BCUT2D eigenvalue weighted by Gasteiger charge is -2.34. The van der Waals surface area contributed by atoms with Crippen molar-refractivity contribution in [2.24, 2.45) is 0 Å². The Hall–Kier alpha value is -3.56. The van der Waals surface area contributed by atoms with Crippen molar-refractivity contribution in [3.8, 4) is 5.75 Å². The normalized spacial score (nSPS) is 12.1. The molecule has 10 heteroatoms. The zero-order valence-electron chi connectivity index (χ0n) is 24.3. The van der Waals surface area contributed by atoms with Gasteiger partial charge in [-0.25, -0.2) is 8.42 Å². The van der Waals surface area contributed by atoms with Gasteiger partial charge in [-0.3, -0.25) is 13.9 Å². The number of nitrogens with zero attached hydrogens (tertiary/aromatic N) is 2. The van der Waals surface area contributed by atoms with Crippen molar-refractivity contribution in [3.63, 3.8) is 0 Å². The standard InChI is InChI=1S/C31H38ClN3O5S/c1-7-27(31(37)33-21(2)3)34(19-24-10-8-9-23(5)17-24)30(36)20-35(28-18-25(32)13-16-29(28)40-6)41(38,39)26-14-11-22(4)12-15-26/h8-18,21,27H,7,19-20H2,1-6H3,(H,33,37)/t27-/m0/s1. The Morgan fingerprint density at radius 2 is 1.66 bits per heavy atom. The lowest BCUT2D eigenvalue weighted by Crippen LogP contribution is -2.53. The minimum Gasteiger partial charge on any atom is -0.495 e. The molecule has 0 heterocycles. The number of nitrogens with one attached hydrogen (secondary N) is 1. The Balaban J connectivity index is 2.14. The Labute approximate surface area is 248 Å². The molecule has 1 N–H and O–H groups in total. The van der Waals surface area contributed by atoms with Crippen LogP contribution in [-0.4, -0.2) is 50.9 Å². The third-order valence-corrected chi connectivity index (χ3v) is 8.56. The van der Waals surface area contributed by atoms with E-state index in [0.717, 1.165) is 21.0 Å². The van der Waals surface area contributed by atoms with Gasteiger partial charge in [-0.15, -0.1) is 0 Å². The molecule has 0 radical (unpaired) electrons. The maximum atomic E-state index is 14.2. The van der Waals surface area contributed by atoms with E-state index >= 15 is 0 Å². The number of hydrogen-bond donors (Lipinski definition) is 1. The first-order valence-corrected chi connectivity index (χ1v) is 15.3. The quantitative estimate of drug-likeness (QED) is 0.297. The molecule has 3 aromatic carbocycles. The van der Waals surface area contributed by atoms with E-state index in [4.69, 9.17) is 16.3 Å². The molecule has 0 spiro atoms. The van der Waals surface area contributed by atoms with Crippen molar-refractivity contribution in [1.82, 2.24) is 10.2 Å². The molecule has 220 valence electrons. The first-order valence-electron chi connectivity index (χ1n) is 13.5. The molecule has 8 nitrogen and oxygen atoms in total. The number of carbonyl (C=O) groups is 2. The number of halogens is 1. The summed E-state index contributed by atoms with van der Waals surface area (Å²) >= 11 is 6.29. The predicted octanol–water partition coefficient (Wildman–Crippen LogP) is 5.49. The smallest absolute Gasteiger partial charge is 0.264 e. The van der Waals surface area contributed by atoms with Crippen LogP contribution in [0.5, 0.6) is 5.75 Å². The monoisotopic (exact) mass is 599 g/mol. The fraction of sp³-hybridized carbons (Fsp3) is 0.355. The molecule has 0 bridgehead atoms. The van der Waals surface area contributed by atoms with Crippen molar-refractivity contribution in [2.75, 3.05) is 18.0 Å². The largest absolute Gasteiger partial charge is 0.495 e. The fourth-order valence-corrected chi connectivity index (χ4v) is 6.10. The molecule has 0 aromatic heterocycles. The van der Waals surface area contributed by atoms with Crippen LogP contribution < -0.4 is 14.4 Å². The summed E-state index contributed by atoms with van der Waals surface area (Å²) in [6.45, 7) is 8.85. The number of methoxy groups -OCH3 is 1. The van der Waals surface area contributed by atoms with Crippen molar-refractivity contribution < 1.29 is 22.7 Å². The summed E-state index contributed by atoms with van der Waals surface area (Å²) in [5.41, 5.74) is 2.83. The Bertz CT molecular complexity index is 1480. The van der Waals surface area contributed by atoms with Crippen LogP contribution >= 0.6 is 11.6 Å². The van der Waals surface area contributed by atoms with Crippen LogP contribution in [-0.2, 0) is 26.2 Å². The second kappa shape index (κ2) is 13.9. The number of aryl methyl sites for hydroxylation is 2. The molecule has 2 amide bonds. The van der Waals surface area contributed by atoms with Gasteiger partial charge in [0.15, 0.2) is 0 Å². The van der Waals surface area contributed by atoms with Crippen LogP contribution in [0.4, 0.5) is 5.69 Å². The van der Waals surface area contributed by atoms with Gasteiger partial charge in [0.2, 0.25) is 11.8 Å². The Morgan fingerprint density at radius 3 is 2.24 bits per heavy atom. The summed E-state index contributed by atoms with van der Waals surface area (Å²) in [5.74, 6) is -0.625. The fourth-order valence-electron chi connectivity index (χ4n) is 4.52. The van der Waals surface area contributed by atoms with E-state index in [1.807, 2.05) is 58.9 Å². The number of carbonyl (C=O) groups excluding carboxylic acids is 2. The van der Waals surface area contributed by atoms with Crippen molar-refractivity contribution in [1.29, 1.82) is 0 Å². The van der Waals surface area contributed by atoms with Gasteiger partial charge in [-0.1, -0.05) is 66.0 Å². The summed E-state index contributed by atoms with van der Waals surface area (Å²) in [6.07, 6.45) is 0.335. The number of benzene rings is 3. The van der Waals surface area contributed by atoms with E-state index in [1.165, 1.54) is 30.2 Å². The van der Waals surface area contributed by atoms with Gasteiger partial charge in [0.1, 0.15) is 18.3 Å². The van der Waals surface area contributed by atoms with Crippen LogP contribution in [0.15, 0.2) is 71.6 Å². The average Bonchev–Trinajstić information content (AvgIpc) is 2.91. The third-order valence-electron chi connectivity index (χ3n) is 6.55. The molecule has 41 heavy (non-hydrogen) atoms. The summed E-state index contributed by atoms with van der Waals surface area (Å²) in [7, 11) is -2.84. The summed E-state index contributed by atoms with van der Waals surface area (Å²) in [5, 5.41) is 3.17. The highest BCUT2D eigenvalue weighted by Gasteiger charge is 2.35. The third kappa shape index (κ3) is 8.01. The summed E-state index contributed by atoms with van der Waals surface area (Å²) in [4.78, 5) is 28.9. The highest BCUT2D eigenvalue weighted by atomic mass is 35.5. The highest BCUT2D eigenvalue weighted by Crippen LogP contribution is 2.35. The van der Waals surface area contributed by atoms with Crippen LogP contribution in [0.2, 0.25) is 5.02 Å². The molecule has 0 saturated heterocycles. The average molecular weight is 600 g/mol. The maximum Gasteiger partial charge on any atom is 0.264 e. The van der Waals surface area contributed by atoms with Crippen LogP contribution in [0, 0.1) is 13.8 Å². The van der Waals surface area contributed by atoms with Gasteiger partial charge >= 0.3 is 0 Å². The van der Waals surface area contributed by atoms with Crippen LogP contribution in [0.1, 0.15) is 43.9 Å². The van der Waals surface area contributed by atoms with Gasteiger partial charge in [0, 0.05) is 17.6 Å². The van der Waals surface area contributed by atoms with Gasteiger partial charge in [-0.05, 0) is 70.0 Å².